The predicted molar refractivity (Wildman–Crippen MR) is 104 cm³/mol. The van der Waals surface area contributed by atoms with Crippen molar-refractivity contribution < 1.29 is 4.79 Å². The molecule has 26 heavy (non-hydrogen) atoms. The quantitative estimate of drug-likeness (QED) is 0.809. The van der Waals surface area contributed by atoms with Gasteiger partial charge in [0, 0.05) is 51.4 Å². The van der Waals surface area contributed by atoms with Crippen LogP contribution in [0, 0.1) is 6.92 Å². The predicted octanol–water partition coefficient (Wildman–Crippen LogP) is 2.50. The van der Waals surface area contributed by atoms with Crippen LogP contribution in [0.1, 0.15) is 24.6 Å². The second kappa shape index (κ2) is 8.65. The van der Waals surface area contributed by atoms with E-state index in [-0.39, 0.29) is 5.91 Å². The third-order valence-corrected chi connectivity index (χ3v) is 4.64. The van der Waals surface area contributed by atoms with Crippen LogP contribution in [0.4, 0.5) is 11.8 Å². The minimum atomic E-state index is 0.135. The van der Waals surface area contributed by atoms with Crippen LogP contribution in [0.25, 0.3) is 0 Å². The number of nitrogens with zero attached hydrogens (tertiary/aromatic N) is 4. The number of amides is 1. The fourth-order valence-corrected chi connectivity index (χ4v) is 3.16. The van der Waals surface area contributed by atoms with Crippen molar-refractivity contribution in [2.24, 2.45) is 0 Å². The maximum atomic E-state index is 11.5. The molecular weight excluding hydrogens is 326 g/mol. The van der Waals surface area contributed by atoms with Crippen molar-refractivity contribution in [1.82, 2.24) is 14.9 Å². The van der Waals surface area contributed by atoms with E-state index in [0.29, 0.717) is 0 Å². The summed E-state index contributed by atoms with van der Waals surface area (Å²) in [6.07, 6.45) is 2.11. The van der Waals surface area contributed by atoms with Crippen molar-refractivity contribution >= 4 is 17.7 Å². The highest BCUT2D eigenvalue weighted by molar-refractivity contribution is 5.73. The molecule has 1 aliphatic heterocycles. The molecule has 1 aliphatic rings. The van der Waals surface area contributed by atoms with Crippen molar-refractivity contribution in [2.45, 2.75) is 26.7 Å². The molecular formula is C20H27N5O. The average molecular weight is 353 g/mol. The first-order valence-corrected chi connectivity index (χ1v) is 9.26. The molecule has 0 bridgehead atoms. The molecule has 1 amide bonds. The monoisotopic (exact) mass is 353 g/mol. The summed E-state index contributed by atoms with van der Waals surface area (Å²) in [6.45, 7) is 7.50. The molecule has 0 radical (unpaired) electrons. The topological polar surface area (TPSA) is 61.4 Å². The van der Waals surface area contributed by atoms with E-state index in [4.69, 9.17) is 0 Å². The molecule has 6 nitrogen and oxygen atoms in total. The van der Waals surface area contributed by atoms with Crippen LogP contribution < -0.4 is 10.2 Å². The van der Waals surface area contributed by atoms with Crippen LogP contribution in [0.5, 0.6) is 0 Å². The van der Waals surface area contributed by atoms with Crippen LogP contribution in [0.15, 0.2) is 36.4 Å². The van der Waals surface area contributed by atoms with Crippen molar-refractivity contribution in [2.75, 3.05) is 42.9 Å². The molecule has 3 rings (SSSR count). The molecule has 0 spiro atoms. The summed E-state index contributed by atoms with van der Waals surface area (Å²) in [4.78, 5) is 24.7. The molecule has 6 heteroatoms. The van der Waals surface area contributed by atoms with Gasteiger partial charge in [0.05, 0.1) is 0 Å². The van der Waals surface area contributed by atoms with Gasteiger partial charge in [-0.05, 0) is 25.3 Å². The number of aryl methyl sites for hydroxylation is 2. The van der Waals surface area contributed by atoms with Crippen molar-refractivity contribution in [3.05, 3.63) is 47.7 Å². The number of anilines is 2. The Labute approximate surface area is 155 Å². The zero-order valence-corrected chi connectivity index (χ0v) is 15.6. The zero-order valence-electron chi connectivity index (χ0n) is 15.6. The number of carbonyl (C=O) groups excluding carboxylic acids is 1. The zero-order chi connectivity index (χ0) is 18.4. The van der Waals surface area contributed by atoms with Gasteiger partial charge < -0.3 is 15.1 Å². The number of piperazine rings is 1. The summed E-state index contributed by atoms with van der Waals surface area (Å²) in [5.41, 5.74) is 2.31. The molecule has 1 aromatic carbocycles. The number of rotatable bonds is 6. The summed E-state index contributed by atoms with van der Waals surface area (Å²) in [7, 11) is 0. The minimum absolute atomic E-state index is 0.135. The molecule has 1 saturated heterocycles. The fourth-order valence-electron chi connectivity index (χ4n) is 3.16. The Morgan fingerprint density at radius 3 is 2.54 bits per heavy atom. The molecule has 138 valence electrons. The van der Waals surface area contributed by atoms with Crippen molar-refractivity contribution in [3.63, 3.8) is 0 Å². The summed E-state index contributed by atoms with van der Waals surface area (Å²) < 4.78 is 0. The smallest absolute Gasteiger partial charge is 0.227 e. The van der Waals surface area contributed by atoms with Crippen LogP contribution in [-0.2, 0) is 11.2 Å². The van der Waals surface area contributed by atoms with Gasteiger partial charge in [-0.2, -0.15) is 4.98 Å². The largest absolute Gasteiger partial charge is 0.370 e. The second-order valence-corrected chi connectivity index (χ2v) is 6.70. The minimum Gasteiger partial charge on any atom is -0.370 e. The lowest BCUT2D eigenvalue weighted by Gasteiger charge is -2.34. The number of hydrogen-bond donors (Lipinski definition) is 1. The van der Waals surface area contributed by atoms with Crippen molar-refractivity contribution in [1.29, 1.82) is 0 Å². The van der Waals surface area contributed by atoms with Crippen LogP contribution >= 0.6 is 0 Å². The van der Waals surface area contributed by atoms with E-state index in [2.05, 4.69) is 44.5 Å². The van der Waals surface area contributed by atoms with Gasteiger partial charge in [-0.15, -0.1) is 0 Å². The van der Waals surface area contributed by atoms with Gasteiger partial charge in [-0.3, -0.25) is 4.79 Å². The first-order chi connectivity index (χ1) is 12.6. The van der Waals surface area contributed by atoms with Gasteiger partial charge in [-0.25, -0.2) is 4.98 Å². The maximum absolute atomic E-state index is 11.5. The molecule has 0 atom stereocenters. The summed E-state index contributed by atoms with van der Waals surface area (Å²) >= 11 is 0. The molecule has 0 aliphatic carbocycles. The first kappa shape index (κ1) is 18.2. The Kier molecular flexibility index (Phi) is 6.04. The number of benzene rings is 1. The fraction of sp³-hybridized carbons (Fsp3) is 0.450. The van der Waals surface area contributed by atoms with E-state index in [1.807, 2.05) is 24.0 Å². The summed E-state index contributed by atoms with van der Waals surface area (Å²) in [6, 6.07) is 12.5. The maximum Gasteiger partial charge on any atom is 0.227 e. The van der Waals surface area contributed by atoms with Gasteiger partial charge in [-0.1, -0.05) is 30.3 Å². The van der Waals surface area contributed by atoms with Crippen LogP contribution in [-0.4, -0.2) is 53.5 Å². The molecule has 1 N–H and O–H groups in total. The molecule has 2 heterocycles. The lowest BCUT2D eigenvalue weighted by Crippen LogP contribution is -2.48. The molecule has 0 saturated carbocycles. The Morgan fingerprint density at radius 2 is 1.85 bits per heavy atom. The van der Waals surface area contributed by atoms with E-state index < -0.39 is 0 Å². The third-order valence-electron chi connectivity index (χ3n) is 4.64. The van der Waals surface area contributed by atoms with Crippen molar-refractivity contribution in [3.8, 4) is 0 Å². The Morgan fingerprint density at radius 1 is 1.12 bits per heavy atom. The van der Waals surface area contributed by atoms with Crippen LogP contribution in [0.2, 0.25) is 0 Å². The second-order valence-electron chi connectivity index (χ2n) is 6.70. The summed E-state index contributed by atoms with van der Waals surface area (Å²) in [5, 5.41) is 3.42. The van der Waals surface area contributed by atoms with Gasteiger partial charge in [0.25, 0.3) is 0 Å². The van der Waals surface area contributed by atoms with E-state index in [0.717, 1.165) is 63.0 Å². The molecule has 1 aromatic heterocycles. The first-order valence-electron chi connectivity index (χ1n) is 9.26. The molecule has 0 unspecified atom stereocenters. The SMILES string of the molecule is CC(=O)N1CCN(c2nc(C)cc(NCCCc3ccccc3)n2)CC1. The lowest BCUT2D eigenvalue weighted by molar-refractivity contribution is -0.129. The van der Waals surface area contributed by atoms with Gasteiger partial charge in [0.1, 0.15) is 5.82 Å². The highest BCUT2D eigenvalue weighted by Crippen LogP contribution is 2.16. The number of nitrogens with one attached hydrogen (secondary N) is 1. The van der Waals surface area contributed by atoms with Gasteiger partial charge >= 0.3 is 0 Å². The Hall–Kier alpha value is -2.63. The number of hydrogen-bond acceptors (Lipinski definition) is 5. The Balaban J connectivity index is 1.53. The normalized spacial score (nSPS) is 14.4. The number of carbonyl (C=O) groups is 1. The number of aromatic nitrogens is 2. The lowest BCUT2D eigenvalue weighted by atomic mass is 10.1. The standard InChI is InChI=1S/C20H27N5O/c1-16-15-19(21-10-6-9-18-7-4-3-5-8-18)23-20(22-16)25-13-11-24(12-14-25)17(2)26/h3-5,7-8,15H,6,9-14H2,1-2H3,(H,21,22,23). The summed E-state index contributed by atoms with van der Waals surface area (Å²) in [5.74, 6) is 1.75. The highest BCUT2D eigenvalue weighted by Gasteiger charge is 2.20. The van der Waals surface area contributed by atoms with E-state index in [9.17, 15) is 4.79 Å². The van der Waals surface area contributed by atoms with Crippen LogP contribution in [0.3, 0.4) is 0 Å². The molecule has 2 aromatic rings. The third kappa shape index (κ3) is 4.94. The Bertz CT molecular complexity index is 726. The molecule has 1 fully saturated rings. The van der Waals surface area contributed by atoms with Gasteiger partial charge in [0.15, 0.2) is 0 Å². The van der Waals surface area contributed by atoms with E-state index in [1.165, 1.54) is 5.56 Å². The van der Waals surface area contributed by atoms with E-state index in [1.54, 1.807) is 6.92 Å². The average Bonchev–Trinajstić information content (AvgIpc) is 2.66. The van der Waals surface area contributed by atoms with Gasteiger partial charge in [0.2, 0.25) is 11.9 Å². The van der Waals surface area contributed by atoms with E-state index >= 15 is 0 Å². The highest BCUT2D eigenvalue weighted by atomic mass is 16.2.